The number of nitrogens with zero attached hydrogens (tertiary/aromatic N) is 2. The number of nitrogens with two attached hydrogens (primary N) is 1. The zero-order valence-corrected chi connectivity index (χ0v) is 11.6. The van der Waals surface area contributed by atoms with Crippen LogP contribution in [-0.4, -0.2) is 41.2 Å². The third kappa shape index (κ3) is 4.11. The number of aryl methyl sites for hydroxylation is 2. The monoisotopic (exact) mass is 284 g/mol. The van der Waals surface area contributed by atoms with E-state index >= 15 is 0 Å². The van der Waals surface area contributed by atoms with Gasteiger partial charge in [-0.15, -0.1) is 11.3 Å². The van der Waals surface area contributed by atoms with Crippen LogP contribution in [0.4, 0.5) is 5.13 Å². The molecule has 1 aromatic heterocycles. The summed E-state index contributed by atoms with van der Waals surface area (Å²) in [6, 6.07) is 0. The highest BCUT2D eigenvalue weighted by molar-refractivity contribution is 7.15. The molecular weight excluding hydrogens is 268 g/mol. The number of anilines is 1. The van der Waals surface area contributed by atoms with E-state index in [9.17, 15) is 14.4 Å². The topological polar surface area (TPSA) is 105 Å². The molecule has 0 aliphatic carbocycles. The van der Waals surface area contributed by atoms with E-state index in [0.717, 1.165) is 15.5 Å². The van der Waals surface area contributed by atoms with Crippen LogP contribution in [0.3, 0.4) is 0 Å². The van der Waals surface area contributed by atoms with Gasteiger partial charge in [0.1, 0.15) is 0 Å². The summed E-state index contributed by atoms with van der Waals surface area (Å²) in [5.74, 6) is -1.79. The van der Waals surface area contributed by atoms with E-state index in [1.54, 1.807) is 0 Å². The number of hydrogen-bond donors (Lipinski definition) is 2. The Morgan fingerprint density at radius 2 is 2.16 bits per heavy atom. The van der Waals surface area contributed by atoms with Crippen molar-refractivity contribution in [2.24, 2.45) is 5.73 Å². The summed E-state index contributed by atoms with van der Waals surface area (Å²) in [5, 5.41) is 2.73. The van der Waals surface area contributed by atoms with Crippen molar-refractivity contribution in [3.8, 4) is 0 Å². The lowest BCUT2D eigenvalue weighted by Crippen LogP contribution is -2.39. The number of carbonyl (C=O) groups is 3. The fourth-order valence-electron chi connectivity index (χ4n) is 1.27. The predicted molar refractivity (Wildman–Crippen MR) is 71.7 cm³/mol. The zero-order valence-electron chi connectivity index (χ0n) is 10.8. The van der Waals surface area contributed by atoms with Crippen molar-refractivity contribution >= 4 is 34.7 Å². The molecule has 0 bridgehead atoms. The molecule has 0 aliphatic heterocycles. The van der Waals surface area contributed by atoms with Crippen LogP contribution in [0.2, 0.25) is 0 Å². The van der Waals surface area contributed by atoms with Gasteiger partial charge in [-0.25, -0.2) is 4.98 Å². The Kier molecular flexibility index (Phi) is 5.58. The van der Waals surface area contributed by atoms with Crippen LogP contribution >= 0.6 is 11.3 Å². The molecule has 0 radical (unpaired) electrons. The van der Waals surface area contributed by atoms with Gasteiger partial charge >= 0.3 is 11.8 Å². The highest BCUT2D eigenvalue weighted by Crippen LogP contribution is 2.20. The first-order valence-electron chi connectivity index (χ1n) is 5.71. The molecule has 0 saturated heterocycles. The number of aromatic nitrogens is 1. The minimum Gasteiger partial charge on any atom is -0.330 e. The number of thiazole rings is 1. The van der Waals surface area contributed by atoms with Gasteiger partial charge in [0.05, 0.1) is 5.69 Å². The molecule has 0 saturated carbocycles. The second-order valence-electron chi connectivity index (χ2n) is 3.86. The van der Waals surface area contributed by atoms with Crippen LogP contribution in [-0.2, 0) is 14.4 Å². The summed E-state index contributed by atoms with van der Waals surface area (Å²) in [6.07, 6.45) is 0.781. The molecule has 8 heteroatoms. The van der Waals surface area contributed by atoms with Gasteiger partial charge in [0, 0.05) is 11.4 Å². The van der Waals surface area contributed by atoms with Crippen molar-refractivity contribution in [3.63, 3.8) is 0 Å². The van der Waals surface area contributed by atoms with Gasteiger partial charge in [-0.05, 0) is 26.8 Å². The summed E-state index contributed by atoms with van der Waals surface area (Å²) in [6.45, 7) is 4.14. The Hall–Kier alpha value is -1.80. The Morgan fingerprint density at radius 1 is 1.47 bits per heavy atom. The van der Waals surface area contributed by atoms with Crippen molar-refractivity contribution < 1.29 is 14.4 Å². The number of hydrogen-bond acceptors (Lipinski definition) is 6. The summed E-state index contributed by atoms with van der Waals surface area (Å²) >= 11 is 1.28. The van der Waals surface area contributed by atoms with Crippen LogP contribution < -0.4 is 11.1 Å². The number of imide groups is 1. The van der Waals surface area contributed by atoms with Gasteiger partial charge in [0.15, 0.2) is 5.13 Å². The Morgan fingerprint density at radius 3 is 2.63 bits per heavy atom. The maximum absolute atomic E-state index is 11.7. The lowest BCUT2D eigenvalue weighted by Gasteiger charge is -2.13. The lowest BCUT2D eigenvalue weighted by atomic mass is 10.4. The van der Waals surface area contributed by atoms with Crippen LogP contribution in [0.1, 0.15) is 17.0 Å². The molecule has 0 unspecified atom stereocenters. The van der Waals surface area contributed by atoms with E-state index in [0.29, 0.717) is 24.5 Å². The predicted octanol–water partition coefficient (Wildman–Crippen LogP) is 0.0322. The van der Waals surface area contributed by atoms with Crippen molar-refractivity contribution in [1.29, 1.82) is 0 Å². The van der Waals surface area contributed by atoms with Crippen LogP contribution in [0, 0.1) is 13.8 Å². The van der Waals surface area contributed by atoms with Crippen LogP contribution in [0.25, 0.3) is 0 Å². The number of rotatable bonds is 5. The van der Waals surface area contributed by atoms with Crippen LogP contribution in [0.5, 0.6) is 0 Å². The second kappa shape index (κ2) is 6.95. The maximum atomic E-state index is 11.7. The quantitative estimate of drug-likeness (QED) is 0.586. The van der Waals surface area contributed by atoms with E-state index in [1.807, 2.05) is 13.8 Å². The smallest absolute Gasteiger partial charge is 0.318 e. The third-order valence-corrected chi connectivity index (χ3v) is 3.42. The van der Waals surface area contributed by atoms with Crippen LogP contribution in [0.15, 0.2) is 0 Å². The fraction of sp³-hybridized carbons (Fsp3) is 0.455. The molecule has 1 aromatic rings. The van der Waals surface area contributed by atoms with Crippen molar-refractivity contribution in [3.05, 3.63) is 10.6 Å². The fourth-order valence-corrected chi connectivity index (χ4v) is 2.08. The lowest BCUT2D eigenvalue weighted by molar-refractivity contribution is -0.146. The highest BCUT2D eigenvalue weighted by atomic mass is 32.1. The van der Waals surface area contributed by atoms with E-state index < -0.39 is 11.8 Å². The molecule has 0 spiro atoms. The van der Waals surface area contributed by atoms with Gasteiger partial charge in [-0.3, -0.25) is 24.6 Å². The summed E-state index contributed by atoms with van der Waals surface area (Å²) < 4.78 is 0. The molecule has 0 atom stereocenters. The summed E-state index contributed by atoms with van der Waals surface area (Å²) in [5.41, 5.74) is 6.08. The second-order valence-corrected chi connectivity index (χ2v) is 5.06. The SMILES string of the molecule is Cc1nc(NC(=O)C(=O)N(C=O)CCCN)sc1C. The summed E-state index contributed by atoms with van der Waals surface area (Å²) in [4.78, 5) is 39.9. The Bertz CT molecular complexity index is 467. The van der Waals surface area contributed by atoms with E-state index in [2.05, 4.69) is 10.3 Å². The van der Waals surface area contributed by atoms with Gasteiger partial charge in [0.25, 0.3) is 0 Å². The molecular formula is C11H16N4O3S. The van der Waals surface area contributed by atoms with Crippen molar-refractivity contribution in [1.82, 2.24) is 9.88 Å². The molecule has 0 aliphatic rings. The van der Waals surface area contributed by atoms with Gasteiger partial charge < -0.3 is 5.73 Å². The normalized spacial score (nSPS) is 10.1. The average Bonchev–Trinajstić information content (AvgIpc) is 2.68. The van der Waals surface area contributed by atoms with Gasteiger partial charge in [-0.1, -0.05) is 0 Å². The number of nitrogens with one attached hydrogen (secondary N) is 1. The molecule has 3 amide bonds. The zero-order chi connectivity index (χ0) is 14.4. The van der Waals surface area contributed by atoms with E-state index in [4.69, 9.17) is 5.73 Å². The third-order valence-electron chi connectivity index (χ3n) is 2.43. The molecule has 19 heavy (non-hydrogen) atoms. The molecule has 1 rings (SSSR count). The number of amides is 3. The highest BCUT2D eigenvalue weighted by Gasteiger charge is 2.22. The summed E-state index contributed by atoms with van der Waals surface area (Å²) in [7, 11) is 0. The first-order chi connectivity index (χ1) is 8.99. The Labute approximate surface area is 114 Å². The van der Waals surface area contributed by atoms with Crippen molar-refractivity contribution in [2.75, 3.05) is 18.4 Å². The van der Waals surface area contributed by atoms with E-state index in [-0.39, 0.29) is 6.54 Å². The first-order valence-corrected chi connectivity index (χ1v) is 6.52. The maximum Gasteiger partial charge on any atom is 0.318 e. The standard InChI is InChI=1S/C11H16N4O3S/c1-7-8(2)19-11(13-7)14-9(17)10(18)15(6-16)5-3-4-12/h6H,3-5,12H2,1-2H3,(H,13,14,17). The molecule has 1 heterocycles. The number of carbonyl (C=O) groups excluding carboxylic acids is 3. The van der Waals surface area contributed by atoms with Crippen molar-refractivity contribution in [2.45, 2.75) is 20.3 Å². The average molecular weight is 284 g/mol. The first kappa shape index (κ1) is 15.3. The van der Waals surface area contributed by atoms with Gasteiger partial charge in [-0.2, -0.15) is 0 Å². The minimum atomic E-state index is -0.908. The molecule has 3 N–H and O–H groups in total. The minimum absolute atomic E-state index is 0.127. The molecule has 7 nitrogen and oxygen atoms in total. The molecule has 0 fully saturated rings. The molecule has 0 aromatic carbocycles. The Balaban J connectivity index is 2.65. The molecule has 104 valence electrons. The van der Waals surface area contributed by atoms with E-state index in [1.165, 1.54) is 11.3 Å². The largest absolute Gasteiger partial charge is 0.330 e. The van der Waals surface area contributed by atoms with Gasteiger partial charge in [0.2, 0.25) is 6.41 Å².